The lowest BCUT2D eigenvalue weighted by Gasteiger charge is -2.03. The van der Waals surface area contributed by atoms with Gasteiger partial charge in [-0.15, -0.1) is 10.2 Å². The molecule has 3 aromatic heterocycles. The van der Waals surface area contributed by atoms with E-state index in [1.807, 2.05) is 13.0 Å². The van der Waals surface area contributed by atoms with Gasteiger partial charge in [0.2, 0.25) is 5.89 Å². The average Bonchev–Trinajstić information content (AvgIpc) is 3.16. The minimum atomic E-state index is -0.485. The molecule has 1 aromatic carbocycles. The molecule has 0 amide bonds. The first-order chi connectivity index (χ1) is 13.5. The summed E-state index contributed by atoms with van der Waals surface area (Å²) < 4.78 is 7.06. The number of thioether (sulfide) groups is 1. The number of pyridine rings is 1. The minimum absolute atomic E-state index is 0.0546. The van der Waals surface area contributed by atoms with Crippen molar-refractivity contribution in [1.82, 2.24) is 19.6 Å². The van der Waals surface area contributed by atoms with Crippen molar-refractivity contribution in [3.8, 4) is 11.5 Å². The number of nitro groups is 1. The van der Waals surface area contributed by atoms with Crippen LogP contribution in [0.4, 0.5) is 5.69 Å². The van der Waals surface area contributed by atoms with Crippen LogP contribution in [-0.2, 0) is 5.75 Å². The molecule has 0 unspecified atom stereocenters. The van der Waals surface area contributed by atoms with Crippen LogP contribution in [0.25, 0.3) is 17.1 Å². The van der Waals surface area contributed by atoms with Crippen LogP contribution in [0.3, 0.4) is 0 Å². The van der Waals surface area contributed by atoms with Crippen molar-refractivity contribution in [2.75, 3.05) is 0 Å². The summed E-state index contributed by atoms with van der Waals surface area (Å²) in [6, 6.07) is 11.1. The summed E-state index contributed by atoms with van der Waals surface area (Å²) in [7, 11) is 0. The number of aryl methyl sites for hydroxylation is 1. The highest BCUT2D eigenvalue weighted by molar-refractivity contribution is 7.98. The zero-order chi connectivity index (χ0) is 19.7. The van der Waals surface area contributed by atoms with Gasteiger partial charge in [0, 0.05) is 35.7 Å². The number of aromatic nitrogens is 4. The third-order valence-corrected chi connectivity index (χ3v) is 4.77. The van der Waals surface area contributed by atoms with Gasteiger partial charge in [0.1, 0.15) is 5.65 Å². The maximum atomic E-state index is 12.2. The Balaban J connectivity index is 1.53. The van der Waals surface area contributed by atoms with Crippen molar-refractivity contribution >= 4 is 23.1 Å². The van der Waals surface area contributed by atoms with Gasteiger partial charge in [-0.1, -0.05) is 23.9 Å². The number of benzene rings is 1. The number of hydrogen-bond donors (Lipinski definition) is 0. The Bertz CT molecular complexity index is 1250. The normalized spacial score (nSPS) is 11.0. The molecule has 0 saturated heterocycles. The maximum absolute atomic E-state index is 12.2. The molecular weight excluding hydrogens is 382 g/mol. The fourth-order valence-electron chi connectivity index (χ4n) is 2.61. The van der Waals surface area contributed by atoms with E-state index < -0.39 is 4.92 Å². The van der Waals surface area contributed by atoms with Crippen molar-refractivity contribution in [3.63, 3.8) is 0 Å². The Morgan fingerprint density at radius 1 is 1.21 bits per heavy atom. The lowest BCUT2D eigenvalue weighted by Crippen LogP contribution is -2.15. The van der Waals surface area contributed by atoms with Crippen molar-refractivity contribution < 1.29 is 9.34 Å². The summed E-state index contributed by atoms with van der Waals surface area (Å²) in [5.74, 6) is 0.559. The number of nitrogens with zero attached hydrogens (tertiary/aromatic N) is 5. The second-order valence-electron chi connectivity index (χ2n) is 5.99. The first kappa shape index (κ1) is 17.9. The number of hydrogen-bond acceptors (Lipinski definition) is 8. The van der Waals surface area contributed by atoms with Crippen LogP contribution in [0.5, 0.6) is 0 Å². The molecule has 0 atom stereocenters. The van der Waals surface area contributed by atoms with Gasteiger partial charge in [-0.25, -0.2) is 4.98 Å². The Labute approximate surface area is 162 Å². The van der Waals surface area contributed by atoms with Crippen LogP contribution < -0.4 is 5.56 Å². The average molecular weight is 395 g/mol. The van der Waals surface area contributed by atoms with Gasteiger partial charge in [0.05, 0.1) is 10.6 Å². The predicted molar refractivity (Wildman–Crippen MR) is 102 cm³/mol. The fraction of sp³-hybridized carbons (Fsp3) is 0.111. The second kappa shape index (κ2) is 7.24. The largest absolute Gasteiger partial charge is 0.411 e. The van der Waals surface area contributed by atoms with Crippen molar-refractivity contribution in [3.05, 3.63) is 80.4 Å². The molecule has 0 N–H and O–H groups in total. The van der Waals surface area contributed by atoms with E-state index in [9.17, 15) is 14.9 Å². The van der Waals surface area contributed by atoms with Crippen LogP contribution in [0.2, 0.25) is 0 Å². The topological polar surface area (TPSA) is 116 Å². The van der Waals surface area contributed by atoms with Gasteiger partial charge in [-0.3, -0.25) is 19.3 Å². The molecule has 140 valence electrons. The molecule has 0 aliphatic heterocycles. The monoisotopic (exact) mass is 395 g/mol. The van der Waals surface area contributed by atoms with Crippen LogP contribution >= 0.6 is 11.8 Å². The quantitative estimate of drug-likeness (QED) is 0.287. The first-order valence-corrected chi connectivity index (χ1v) is 9.18. The van der Waals surface area contributed by atoms with Crippen molar-refractivity contribution in [2.45, 2.75) is 17.9 Å². The van der Waals surface area contributed by atoms with Gasteiger partial charge >= 0.3 is 0 Å². The van der Waals surface area contributed by atoms with Crippen molar-refractivity contribution in [2.24, 2.45) is 0 Å². The van der Waals surface area contributed by atoms with Gasteiger partial charge in [-0.2, -0.15) is 0 Å². The molecule has 0 bridgehead atoms. The number of fused-ring (bicyclic) bond motifs is 1. The summed E-state index contributed by atoms with van der Waals surface area (Å²) in [6.45, 7) is 1.91. The summed E-state index contributed by atoms with van der Waals surface area (Å²) in [6.07, 6.45) is 1.74. The molecule has 3 heterocycles. The van der Waals surface area contributed by atoms with Crippen molar-refractivity contribution in [1.29, 1.82) is 0 Å². The maximum Gasteiger partial charge on any atom is 0.277 e. The molecule has 0 aliphatic rings. The van der Waals surface area contributed by atoms with E-state index in [1.165, 1.54) is 34.4 Å². The van der Waals surface area contributed by atoms with E-state index in [0.717, 1.165) is 5.56 Å². The van der Waals surface area contributed by atoms with Gasteiger partial charge in [0.25, 0.3) is 16.5 Å². The Morgan fingerprint density at radius 2 is 2.07 bits per heavy atom. The first-order valence-electron chi connectivity index (χ1n) is 8.20. The standard InChI is InChI=1S/C18H13N5O4S/c1-11-5-6-15-19-13(8-16(24)22(15)9-11)10-28-18-21-20-17(27-18)12-3-2-4-14(7-12)23(25)26/h2-9H,10H2,1H3. The highest BCUT2D eigenvalue weighted by Gasteiger charge is 2.13. The van der Waals surface area contributed by atoms with E-state index in [2.05, 4.69) is 15.2 Å². The minimum Gasteiger partial charge on any atom is -0.411 e. The lowest BCUT2D eigenvalue weighted by atomic mass is 10.2. The molecule has 28 heavy (non-hydrogen) atoms. The molecule has 9 nitrogen and oxygen atoms in total. The zero-order valence-corrected chi connectivity index (χ0v) is 15.4. The summed E-state index contributed by atoms with van der Waals surface area (Å²) in [5, 5.41) is 19.0. The molecule has 0 radical (unpaired) electrons. The fourth-order valence-corrected chi connectivity index (χ4v) is 3.26. The van der Waals surface area contributed by atoms with E-state index >= 15 is 0 Å². The van der Waals surface area contributed by atoms with Crippen LogP contribution in [0, 0.1) is 17.0 Å². The molecule has 0 saturated carbocycles. The SMILES string of the molecule is Cc1ccc2nc(CSc3nnc(-c4cccc([N+](=O)[O-])c4)o3)cc(=O)n2c1. The Hall–Kier alpha value is -3.53. The van der Waals surface area contributed by atoms with E-state index in [4.69, 9.17) is 4.42 Å². The van der Waals surface area contributed by atoms with Gasteiger partial charge in [0.15, 0.2) is 0 Å². The van der Waals surface area contributed by atoms with Gasteiger partial charge in [-0.05, 0) is 24.6 Å². The molecule has 0 fully saturated rings. The number of non-ortho nitro benzene ring substituents is 1. The molecule has 0 spiro atoms. The third-order valence-electron chi connectivity index (χ3n) is 3.91. The summed E-state index contributed by atoms with van der Waals surface area (Å²) in [5.41, 5.74) is 2.38. The predicted octanol–water partition coefficient (Wildman–Crippen LogP) is 3.25. The Kier molecular flexibility index (Phi) is 4.62. The Morgan fingerprint density at radius 3 is 2.89 bits per heavy atom. The van der Waals surface area contributed by atoms with Crippen LogP contribution in [0.15, 0.2) is 63.1 Å². The summed E-state index contributed by atoms with van der Waals surface area (Å²) in [4.78, 5) is 27.1. The number of rotatable bonds is 5. The zero-order valence-electron chi connectivity index (χ0n) is 14.6. The molecule has 4 aromatic rings. The molecular formula is C18H13N5O4S. The molecule has 10 heteroatoms. The number of nitro benzene ring substituents is 1. The van der Waals surface area contributed by atoms with E-state index in [1.54, 1.807) is 24.4 Å². The summed E-state index contributed by atoms with van der Waals surface area (Å²) >= 11 is 1.24. The highest BCUT2D eigenvalue weighted by atomic mass is 32.2. The van der Waals surface area contributed by atoms with Crippen LogP contribution in [0.1, 0.15) is 11.3 Å². The highest BCUT2D eigenvalue weighted by Crippen LogP contribution is 2.27. The second-order valence-corrected chi connectivity index (χ2v) is 6.92. The van der Waals surface area contributed by atoms with E-state index in [0.29, 0.717) is 22.7 Å². The van der Waals surface area contributed by atoms with Crippen LogP contribution in [-0.4, -0.2) is 24.5 Å². The third kappa shape index (κ3) is 3.62. The van der Waals surface area contributed by atoms with Gasteiger partial charge < -0.3 is 4.42 Å². The molecule has 0 aliphatic carbocycles. The van der Waals surface area contributed by atoms with E-state index in [-0.39, 0.29) is 22.4 Å². The lowest BCUT2D eigenvalue weighted by molar-refractivity contribution is -0.384. The molecule has 4 rings (SSSR count). The smallest absolute Gasteiger partial charge is 0.277 e.